The maximum atomic E-state index is 3.48. The molecule has 1 aliphatic heterocycles. The zero-order valence-corrected chi connectivity index (χ0v) is 14.0. The van der Waals surface area contributed by atoms with Crippen LogP contribution >= 0.6 is 11.8 Å². The van der Waals surface area contributed by atoms with Crippen molar-refractivity contribution in [3.8, 4) is 0 Å². The van der Waals surface area contributed by atoms with Crippen molar-refractivity contribution in [1.29, 1.82) is 0 Å². The fraction of sp³-hybridized carbons (Fsp3) is 0.667. The summed E-state index contributed by atoms with van der Waals surface area (Å²) < 4.78 is 0. The van der Waals surface area contributed by atoms with Crippen LogP contribution in [0.2, 0.25) is 0 Å². The second kappa shape index (κ2) is 7.66. The smallest absolute Gasteiger partial charge is 0.0108 e. The Bertz CT molecular complexity index is 421. The summed E-state index contributed by atoms with van der Waals surface area (Å²) in [6, 6.07) is 9.85. The second-order valence-corrected chi connectivity index (χ2v) is 7.75. The van der Waals surface area contributed by atoms with Gasteiger partial charge in [-0.25, -0.2) is 0 Å². The Morgan fingerprint density at radius 1 is 1.10 bits per heavy atom. The monoisotopic (exact) mass is 304 g/mol. The Morgan fingerprint density at radius 3 is 2.48 bits per heavy atom. The van der Waals surface area contributed by atoms with E-state index in [4.69, 9.17) is 0 Å². The van der Waals surface area contributed by atoms with E-state index in [1.54, 1.807) is 0 Å². The average Bonchev–Trinajstić information content (AvgIpc) is 3.34. The SMILES string of the molecule is Cc1ccc(SCCN(CC2CCNCC2)C2CC2)cc1. The molecular weight excluding hydrogens is 276 g/mol. The van der Waals surface area contributed by atoms with Gasteiger partial charge in [0.2, 0.25) is 0 Å². The summed E-state index contributed by atoms with van der Waals surface area (Å²) in [6.07, 6.45) is 5.60. The number of nitrogens with zero attached hydrogens (tertiary/aromatic N) is 1. The van der Waals surface area contributed by atoms with Crippen LogP contribution in [0.5, 0.6) is 0 Å². The van der Waals surface area contributed by atoms with E-state index in [0.717, 1.165) is 12.0 Å². The van der Waals surface area contributed by atoms with Crippen molar-refractivity contribution in [2.45, 2.75) is 43.5 Å². The van der Waals surface area contributed by atoms with Gasteiger partial charge in [-0.2, -0.15) is 0 Å². The molecule has 1 N–H and O–H groups in total. The first-order valence-corrected chi connectivity index (χ1v) is 9.44. The van der Waals surface area contributed by atoms with E-state index < -0.39 is 0 Å². The van der Waals surface area contributed by atoms with Gasteiger partial charge < -0.3 is 5.32 Å². The van der Waals surface area contributed by atoms with Gasteiger partial charge in [0.1, 0.15) is 0 Å². The van der Waals surface area contributed by atoms with E-state index in [0.29, 0.717) is 0 Å². The Labute approximate surface area is 133 Å². The summed E-state index contributed by atoms with van der Waals surface area (Å²) >= 11 is 2.01. The normalized spacial score (nSPS) is 20.1. The lowest BCUT2D eigenvalue weighted by Gasteiger charge is -2.30. The first-order chi connectivity index (χ1) is 10.3. The number of rotatable bonds is 7. The van der Waals surface area contributed by atoms with Crippen molar-refractivity contribution in [2.24, 2.45) is 5.92 Å². The fourth-order valence-corrected chi connectivity index (χ4v) is 4.06. The Morgan fingerprint density at radius 2 is 1.81 bits per heavy atom. The van der Waals surface area contributed by atoms with Gasteiger partial charge in [-0.15, -0.1) is 11.8 Å². The Hall–Kier alpha value is -0.510. The lowest BCUT2D eigenvalue weighted by atomic mass is 9.97. The van der Waals surface area contributed by atoms with Gasteiger partial charge >= 0.3 is 0 Å². The van der Waals surface area contributed by atoms with Gasteiger partial charge in [0.25, 0.3) is 0 Å². The minimum atomic E-state index is 0.901. The van der Waals surface area contributed by atoms with E-state index in [2.05, 4.69) is 41.4 Å². The molecule has 0 unspecified atom stereocenters. The first kappa shape index (κ1) is 15.4. The molecule has 0 radical (unpaired) electrons. The number of hydrogen-bond donors (Lipinski definition) is 1. The molecule has 3 heteroatoms. The van der Waals surface area contributed by atoms with Crippen molar-refractivity contribution >= 4 is 11.8 Å². The van der Waals surface area contributed by atoms with Gasteiger partial charge in [0.05, 0.1) is 0 Å². The third-order valence-electron chi connectivity index (χ3n) is 4.68. The topological polar surface area (TPSA) is 15.3 Å². The third kappa shape index (κ3) is 5.01. The molecule has 116 valence electrons. The quantitative estimate of drug-likeness (QED) is 0.776. The molecule has 0 bridgehead atoms. The number of hydrogen-bond acceptors (Lipinski definition) is 3. The van der Waals surface area contributed by atoms with Crippen molar-refractivity contribution in [2.75, 3.05) is 31.9 Å². The number of nitrogens with one attached hydrogen (secondary N) is 1. The molecule has 1 aromatic carbocycles. The third-order valence-corrected chi connectivity index (χ3v) is 5.68. The lowest BCUT2D eigenvalue weighted by molar-refractivity contribution is 0.207. The van der Waals surface area contributed by atoms with Crippen molar-refractivity contribution in [3.63, 3.8) is 0 Å². The second-order valence-electron chi connectivity index (χ2n) is 6.58. The molecule has 1 saturated heterocycles. The minimum Gasteiger partial charge on any atom is -0.317 e. The van der Waals surface area contributed by atoms with E-state index in [-0.39, 0.29) is 0 Å². The van der Waals surface area contributed by atoms with Crippen LogP contribution in [-0.4, -0.2) is 42.9 Å². The number of benzene rings is 1. The van der Waals surface area contributed by atoms with Gasteiger partial charge in [-0.3, -0.25) is 4.90 Å². The summed E-state index contributed by atoms with van der Waals surface area (Å²) in [5.41, 5.74) is 1.35. The van der Waals surface area contributed by atoms with Crippen LogP contribution in [-0.2, 0) is 0 Å². The summed E-state index contributed by atoms with van der Waals surface area (Å²) in [5.74, 6) is 2.15. The van der Waals surface area contributed by atoms with Gasteiger partial charge in [0.15, 0.2) is 0 Å². The van der Waals surface area contributed by atoms with Crippen molar-refractivity contribution < 1.29 is 0 Å². The van der Waals surface area contributed by atoms with Crippen LogP contribution in [0.25, 0.3) is 0 Å². The molecule has 1 heterocycles. The van der Waals surface area contributed by atoms with E-state index >= 15 is 0 Å². The largest absolute Gasteiger partial charge is 0.317 e. The molecular formula is C18H28N2S. The highest BCUT2D eigenvalue weighted by Crippen LogP contribution is 2.29. The summed E-state index contributed by atoms with van der Waals surface area (Å²) in [4.78, 5) is 4.19. The molecule has 3 rings (SSSR count). The number of thioether (sulfide) groups is 1. The predicted molar refractivity (Wildman–Crippen MR) is 92.1 cm³/mol. The van der Waals surface area contributed by atoms with Crippen molar-refractivity contribution in [3.05, 3.63) is 29.8 Å². The minimum absolute atomic E-state index is 0.901. The molecule has 1 aliphatic carbocycles. The zero-order chi connectivity index (χ0) is 14.5. The molecule has 2 nitrogen and oxygen atoms in total. The van der Waals surface area contributed by atoms with Crippen LogP contribution in [0.15, 0.2) is 29.2 Å². The molecule has 1 aromatic rings. The van der Waals surface area contributed by atoms with E-state index in [1.165, 1.54) is 68.1 Å². The van der Waals surface area contributed by atoms with E-state index in [9.17, 15) is 0 Å². The first-order valence-electron chi connectivity index (χ1n) is 8.45. The highest BCUT2D eigenvalue weighted by molar-refractivity contribution is 7.99. The lowest BCUT2D eigenvalue weighted by Crippen LogP contribution is -2.38. The molecule has 1 saturated carbocycles. The molecule has 0 amide bonds. The maximum absolute atomic E-state index is 3.48. The van der Waals surface area contributed by atoms with E-state index in [1.807, 2.05) is 11.8 Å². The standard InChI is InChI=1S/C18H28N2S/c1-15-2-6-18(7-3-15)21-13-12-20(17-4-5-17)14-16-8-10-19-11-9-16/h2-3,6-7,16-17,19H,4-5,8-14H2,1H3. The van der Waals surface area contributed by atoms with Crippen LogP contribution in [0.4, 0.5) is 0 Å². The van der Waals surface area contributed by atoms with Crippen LogP contribution in [0.1, 0.15) is 31.2 Å². The predicted octanol–water partition coefficient (Wildman–Crippen LogP) is 3.55. The average molecular weight is 305 g/mol. The van der Waals surface area contributed by atoms with Crippen LogP contribution < -0.4 is 5.32 Å². The molecule has 2 aliphatic rings. The molecule has 0 aromatic heterocycles. The maximum Gasteiger partial charge on any atom is 0.0108 e. The van der Waals surface area contributed by atoms with Gasteiger partial charge in [-0.1, -0.05) is 17.7 Å². The van der Waals surface area contributed by atoms with Crippen LogP contribution in [0, 0.1) is 12.8 Å². The zero-order valence-electron chi connectivity index (χ0n) is 13.2. The summed E-state index contributed by atoms with van der Waals surface area (Å²) in [7, 11) is 0. The van der Waals surface area contributed by atoms with Gasteiger partial charge in [0, 0.05) is 29.8 Å². The molecule has 21 heavy (non-hydrogen) atoms. The Kier molecular flexibility index (Phi) is 5.61. The highest BCUT2D eigenvalue weighted by Gasteiger charge is 2.30. The molecule has 0 atom stereocenters. The summed E-state index contributed by atoms with van der Waals surface area (Å²) in [5, 5.41) is 3.48. The molecule has 0 spiro atoms. The van der Waals surface area contributed by atoms with Crippen molar-refractivity contribution in [1.82, 2.24) is 10.2 Å². The summed E-state index contributed by atoms with van der Waals surface area (Å²) in [6.45, 7) is 7.19. The fourth-order valence-electron chi connectivity index (χ4n) is 3.17. The van der Waals surface area contributed by atoms with Gasteiger partial charge in [-0.05, 0) is 63.7 Å². The highest BCUT2D eigenvalue weighted by atomic mass is 32.2. The van der Waals surface area contributed by atoms with Crippen LogP contribution in [0.3, 0.4) is 0 Å². The number of piperidine rings is 1. The Balaban J connectivity index is 1.43. The number of aryl methyl sites for hydroxylation is 1. The molecule has 2 fully saturated rings.